The number of imide groups is 1. The number of urea groups is 1. The molecule has 2 N–H and O–H groups in total. The van der Waals surface area contributed by atoms with Crippen LogP contribution in [0.1, 0.15) is 45.4 Å². The van der Waals surface area contributed by atoms with E-state index in [0.717, 1.165) is 17.7 Å². The first-order valence-corrected chi connectivity index (χ1v) is 8.05. The molecule has 23 heavy (non-hydrogen) atoms. The highest BCUT2D eigenvalue weighted by molar-refractivity contribution is 6.09. The third-order valence-corrected chi connectivity index (χ3v) is 4.19. The molecule has 1 saturated heterocycles. The SMILES string of the molecule is CCOC(=O)CCCNC(=O)CN1C(=O)NC2(CCCC2)C1=O. The molecule has 4 amide bonds. The van der Waals surface area contributed by atoms with Gasteiger partial charge in [-0.1, -0.05) is 12.8 Å². The van der Waals surface area contributed by atoms with Gasteiger partial charge < -0.3 is 15.4 Å². The summed E-state index contributed by atoms with van der Waals surface area (Å²) in [6.45, 7) is 2.08. The molecule has 0 atom stereocenters. The Morgan fingerprint density at radius 2 is 2.00 bits per heavy atom. The Morgan fingerprint density at radius 1 is 1.30 bits per heavy atom. The van der Waals surface area contributed by atoms with E-state index in [2.05, 4.69) is 10.6 Å². The molecule has 0 aromatic carbocycles. The first-order valence-electron chi connectivity index (χ1n) is 8.05. The molecule has 0 bridgehead atoms. The van der Waals surface area contributed by atoms with Gasteiger partial charge in [0.05, 0.1) is 6.61 Å². The van der Waals surface area contributed by atoms with E-state index < -0.39 is 17.5 Å². The van der Waals surface area contributed by atoms with Gasteiger partial charge >= 0.3 is 12.0 Å². The summed E-state index contributed by atoms with van der Waals surface area (Å²) in [6, 6.07) is -0.501. The fraction of sp³-hybridized carbons (Fsp3) is 0.733. The molecule has 1 aliphatic carbocycles. The Kier molecular flexibility index (Phi) is 5.57. The zero-order valence-corrected chi connectivity index (χ0v) is 13.4. The molecule has 128 valence electrons. The molecule has 1 aliphatic heterocycles. The van der Waals surface area contributed by atoms with Crippen LogP contribution in [0.5, 0.6) is 0 Å². The van der Waals surface area contributed by atoms with E-state index in [0.29, 0.717) is 32.4 Å². The van der Waals surface area contributed by atoms with Gasteiger partial charge in [-0.25, -0.2) is 4.79 Å². The first-order chi connectivity index (χ1) is 11.0. The molecule has 0 radical (unpaired) electrons. The van der Waals surface area contributed by atoms with Gasteiger partial charge in [-0.15, -0.1) is 0 Å². The van der Waals surface area contributed by atoms with Crippen molar-refractivity contribution in [1.29, 1.82) is 0 Å². The predicted molar refractivity (Wildman–Crippen MR) is 80.3 cm³/mol. The Hall–Kier alpha value is -2.12. The third-order valence-electron chi connectivity index (χ3n) is 4.19. The standard InChI is InChI=1S/C15H23N3O5/c1-2-23-12(20)6-5-9-16-11(19)10-18-13(21)15(17-14(18)22)7-3-4-8-15/h2-10H2,1H3,(H,16,19)(H,17,22). The molecule has 1 heterocycles. The average Bonchev–Trinajstić information content (AvgIpc) is 3.06. The van der Waals surface area contributed by atoms with Crippen LogP contribution < -0.4 is 10.6 Å². The summed E-state index contributed by atoms with van der Waals surface area (Å²) in [6.07, 6.45) is 3.75. The zero-order valence-electron chi connectivity index (χ0n) is 13.4. The van der Waals surface area contributed by atoms with Crippen molar-refractivity contribution < 1.29 is 23.9 Å². The average molecular weight is 325 g/mol. The van der Waals surface area contributed by atoms with Gasteiger partial charge in [-0.05, 0) is 26.2 Å². The lowest BCUT2D eigenvalue weighted by atomic mass is 9.98. The van der Waals surface area contributed by atoms with Crippen LogP contribution in [0.3, 0.4) is 0 Å². The lowest BCUT2D eigenvalue weighted by Gasteiger charge is -2.19. The van der Waals surface area contributed by atoms with Crippen molar-refractivity contribution in [1.82, 2.24) is 15.5 Å². The first kappa shape index (κ1) is 17.2. The second-order valence-electron chi connectivity index (χ2n) is 5.87. The smallest absolute Gasteiger partial charge is 0.325 e. The minimum absolute atomic E-state index is 0.223. The molecular formula is C15H23N3O5. The van der Waals surface area contributed by atoms with Crippen molar-refractivity contribution in [2.45, 2.75) is 51.0 Å². The van der Waals surface area contributed by atoms with Gasteiger partial charge in [0.2, 0.25) is 5.91 Å². The molecule has 0 aromatic heterocycles. The molecule has 2 rings (SSSR count). The number of carbonyl (C=O) groups excluding carboxylic acids is 4. The zero-order chi connectivity index (χ0) is 16.9. The second kappa shape index (κ2) is 7.43. The summed E-state index contributed by atoms with van der Waals surface area (Å²) in [5.41, 5.74) is -0.790. The molecule has 0 aromatic rings. The summed E-state index contributed by atoms with van der Waals surface area (Å²) < 4.78 is 4.78. The molecule has 2 fully saturated rings. The minimum atomic E-state index is -0.790. The van der Waals surface area contributed by atoms with Gasteiger partial charge in [-0.3, -0.25) is 19.3 Å². The number of nitrogens with zero attached hydrogens (tertiary/aromatic N) is 1. The van der Waals surface area contributed by atoms with Crippen molar-refractivity contribution in [2.24, 2.45) is 0 Å². The molecular weight excluding hydrogens is 302 g/mol. The summed E-state index contributed by atoms with van der Waals surface area (Å²) >= 11 is 0. The lowest BCUT2D eigenvalue weighted by molar-refractivity contribution is -0.143. The molecule has 1 saturated carbocycles. The molecule has 1 spiro atoms. The quantitative estimate of drug-likeness (QED) is 0.398. The number of esters is 1. The summed E-state index contributed by atoms with van der Waals surface area (Å²) in [4.78, 5) is 48.3. The molecule has 8 nitrogen and oxygen atoms in total. The van der Waals surface area contributed by atoms with Crippen molar-refractivity contribution in [2.75, 3.05) is 19.7 Å². The summed E-state index contributed by atoms with van der Waals surface area (Å²) in [5.74, 6) is -1.02. The Morgan fingerprint density at radius 3 is 2.65 bits per heavy atom. The predicted octanol–water partition coefficient (Wildman–Crippen LogP) is 0.311. The molecule has 2 aliphatic rings. The van der Waals surface area contributed by atoms with Gasteiger partial charge in [-0.2, -0.15) is 0 Å². The monoisotopic (exact) mass is 325 g/mol. The van der Waals surface area contributed by atoms with E-state index in [-0.39, 0.29) is 24.8 Å². The maximum Gasteiger partial charge on any atom is 0.325 e. The van der Waals surface area contributed by atoms with Gasteiger partial charge in [0.15, 0.2) is 0 Å². The lowest BCUT2D eigenvalue weighted by Crippen LogP contribution is -2.45. The largest absolute Gasteiger partial charge is 0.466 e. The number of rotatable bonds is 7. The van der Waals surface area contributed by atoms with E-state index in [9.17, 15) is 19.2 Å². The third kappa shape index (κ3) is 4.00. The number of nitrogens with one attached hydrogen (secondary N) is 2. The van der Waals surface area contributed by atoms with Gasteiger partial charge in [0.25, 0.3) is 5.91 Å². The van der Waals surface area contributed by atoms with E-state index >= 15 is 0 Å². The van der Waals surface area contributed by atoms with Crippen molar-refractivity contribution in [3.05, 3.63) is 0 Å². The van der Waals surface area contributed by atoms with Gasteiger partial charge in [0.1, 0.15) is 12.1 Å². The van der Waals surface area contributed by atoms with E-state index in [1.54, 1.807) is 6.92 Å². The number of hydrogen-bond acceptors (Lipinski definition) is 5. The highest BCUT2D eigenvalue weighted by Crippen LogP contribution is 2.34. The number of carbonyl (C=O) groups is 4. The maximum absolute atomic E-state index is 12.4. The van der Waals surface area contributed by atoms with E-state index in [1.807, 2.05) is 0 Å². The van der Waals surface area contributed by atoms with Crippen LogP contribution in [-0.4, -0.2) is 54.0 Å². The highest BCUT2D eigenvalue weighted by atomic mass is 16.5. The van der Waals surface area contributed by atoms with Crippen molar-refractivity contribution in [3.8, 4) is 0 Å². The normalized spacial score (nSPS) is 19.1. The fourth-order valence-corrected chi connectivity index (χ4v) is 3.03. The summed E-state index contributed by atoms with van der Waals surface area (Å²) in [5, 5.41) is 5.33. The van der Waals surface area contributed by atoms with E-state index in [4.69, 9.17) is 4.74 Å². The van der Waals surface area contributed by atoms with Crippen LogP contribution in [0.25, 0.3) is 0 Å². The van der Waals surface area contributed by atoms with E-state index in [1.165, 1.54) is 0 Å². The topological polar surface area (TPSA) is 105 Å². The number of hydrogen-bond donors (Lipinski definition) is 2. The Balaban J connectivity index is 1.74. The van der Waals surface area contributed by atoms with Gasteiger partial charge in [0, 0.05) is 13.0 Å². The molecule has 8 heteroatoms. The minimum Gasteiger partial charge on any atom is -0.466 e. The highest BCUT2D eigenvalue weighted by Gasteiger charge is 2.52. The van der Waals surface area contributed by atoms with Crippen LogP contribution >= 0.6 is 0 Å². The number of ether oxygens (including phenoxy) is 1. The van der Waals surface area contributed by atoms with Crippen LogP contribution in [0.2, 0.25) is 0 Å². The second-order valence-corrected chi connectivity index (χ2v) is 5.87. The fourth-order valence-electron chi connectivity index (χ4n) is 3.03. The van der Waals surface area contributed by atoms with Crippen LogP contribution in [0, 0.1) is 0 Å². The summed E-state index contributed by atoms with van der Waals surface area (Å²) in [7, 11) is 0. The molecule has 0 unspecified atom stereocenters. The van der Waals surface area contributed by atoms with Crippen LogP contribution in [0.15, 0.2) is 0 Å². The van der Waals surface area contributed by atoms with Crippen molar-refractivity contribution >= 4 is 23.8 Å². The number of amides is 4. The Labute approximate surface area is 134 Å². The maximum atomic E-state index is 12.4. The van der Waals surface area contributed by atoms with Crippen LogP contribution in [-0.2, 0) is 19.1 Å². The Bertz CT molecular complexity index is 499. The van der Waals surface area contributed by atoms with Crippen LogP contribution in [0.4, 0.5) is 4.79 Å². The van der Waals surface area contributed by atoms with Crippen molar-refractivity contribution in [3.63, 3.8) is 0 Å².